The van der Waals surface area contributed by atoms with Crippen LogP contribution in [0.2, 0.25) is 0 Å². The summed E-state index contributed by atoms with van der Waals surface area (Å²) >= 11 is 3.46. The number of nitrogens with zero attached hydrogens (tertiary/aromatic N) is 1. The number of aromatic nitrogens is 1. The predicted molar refractivity (Wildman–Crippen MR) is 81.7 cm³/mol. The quantitative estimate of drug-likeness (QED) is 0.877. The molecule has 0 fully saturated rings. The van der Waals surface area contributed by atoms with E-state index in [0.717, 1.165) is 16.2 Å². The third-order valence-electron chi connectivity index (χ3n) is 2.98. The zero-order valence-corrected chi connectivity index (χ0v) is 12.7. The molecule has 0 aliphatic carbocycles. The molecule has 3 nitrogen and oxygen atoms in total. The highest BCUT2D eigenvalue weighted by Gasteiger charge is 2.18. The summed E-state index contributed by atoms with van der Waals surface area (Å²) in [6, 6.07) is 9.38. The van der Waals surface area contributed by atoms with Gasteiger partial charge in [-0.2, -0.15) is 0 Å². The molecular weight excluding hydrogens is 304 g/mol. The number of nitrogens with one attached hydrogen (secondary N) is 1. The lowest BCUT2D eigenvalue weighted by molar-refractivity contribution is 0.0942. The van der Waals surface area contributed by atoms with Crippen LogP contribution in [0.3, 0.4) is 0 Å². The van der Waals surface area contributed by atoms with Crippen LogP contribution in [0.1, 0.15) is 24.2 Å². The zero-order chi connectivity index (χ0) is 13.9. The van der Waals surface area contributed by atoms with E-state index >= 15 is 0 Å². The van der Waals surface area contributed by atoms with E-state index in [-0.39, 0.29) is 11.3 Å². The van der Waals surface area contributed by atoms with E-state index in [0.29, 0.717) is 12.1 Å². The van der Waals surface area contributed by atoms with Gasteiger partial charge in [-0.15, -0.1) is 0 Å². The van der Waals surface area contributed by atoms with Gasteiger partial charge in [0.25, 0.3) is 5.91 Å². The molecule has 2 rings (SSSR count). The molecule has 1 amide bonds. The zero-order valence-electron chi connectivity index (χ0n) is 11.1. The second-order valence-electron chi connectivity index (χ2n) is 5.36. The smallest absolute Gasteiger partial charge is 0.251 e. The van der Waals surface area contributed by atoms with Gasteiger partial charge in [0.2, 0.25) is 0 Å². The molecule has 2 aromatic rings. The molecule has 4 heteroatoms. The van der Waals surface area contributed by atoms with Crippen molar-refractivity contribution in [2.75, 3.05) is 11.9 Å². The summed E-state index contributed by atoms with van der Waals surface area (Å²) in [6.07, 6.45) is 1.73. The highest BCUT2D eigenvalue weighted by molar-refractivity contribution is 9.09. The number of carbonyl (C=O) groups excluding carboxylic acids is 1. The van der Waals surface area contributed by atoms with E-state index in [1.54, 1.807) is 6.20 Å². The summed E-state index contributed by atoms with van der Waals surface area (Å²) in [7, 11) is 0. The predicted octanol–water partition coefficient (Wildman–Crippen LogP) is 3.39. The van der Waals surface area contributed by atoms with E-state index in [9.17, 15) is 4.79 Å². The van der Waals surface area contributed by atoms with Crippen LogP contribution in [-0.2, 0) is 0 Å². The SMILES string of the molecule is CC(C)(CBr)CNC(=O)c1cccc2ncccc12. The highest BCUT2D eigenvalue weighted by atomic mass is 79.9. The van der Waals surface area contributed by atoms with Crippen LogP contribution in [0.15, 0.2) is 36.5 Å². The first-order valence-electron chi connectivity index (χ1n) is 6.21. The van der Waals surface area contributed by atoms with Crippen molar-refractivity contribution in [3.63, 3.8) is 0 Å². The summed E-state index contributed by atoms with van der Waals surface area (Å²) in [5.74, 6) is -0.0485. The average molecular weight is 321 g/mol. The number of carbonyl (C=O) groups is 1. The molecule has 0 aliphatic heterocycles. The van der Waals surface area contributed by atoms with Gasteiger partial charge in [0.15, 0.2) is 0 Å². The minimum Gasteiger partial charge on any atom is -0.351 e. The highest BCUT2D eigenvalue weighted by Crippen LogP contribution is 2.19. The Morgan fingerprint density at radius 2 is 2.11 bits per heavy atom. The molecule has 0 aliphatic rings. The minimum atomic E-state index is -0.0485. The lowest BCUT2D eigenvalue weighted by Gasteiger charge is -2.22. The number of rotatable bonds is 4. The molecule has 0 radical (unpaired) electrons. The van der Waals surface area contributed by atoms with E-state index in [1.807, 2.05) is 30.3 Å². The van der Waals surface area contributed by atoms with Crippen molar-refractivity contribution in [3.8, 4) is 0 Å². The van der Waals surface area contributed by atoms with Gasteiger partial charge in [0.1, 0.15) is 0 Å². The van der Waals surface area contributed by atoms with Gasteiger partial charge >= 0.3 is 0 Å². The molecule has 0 atom stereocenters. The number of fused-ring (bicyclic) bond motifs is 1. The monoisotopic (exact) mass is 320 g/mol. The molecule has 0 saturated heterocycles. The van der Waals surface area contributed by atoms with Crippen molar-refractivity contribution in [3.05, 3.63) is 42.1 Å². The van der Waals surface area contributed by atoms with Crippen LogP contribution >= 0.6 is 15.9 Å². The van der Waals surface area contributed by atoms with Crippen LogP contribution < -0.4 is 5.32 Å². The van der Waals surface area contributed by atoms with E-state index in [1.165, 1.54) is 0 Å². The standard InChI is InChI=1S/C15H17BrN2O/c1-15(2,9-16)10-18-14(19)12-5-3-7-13-11(12)6-4-8-17-13/h3-8H,9-10H2,1-2H3,(H,18,19). The average Bonchev–Trinajstić information content (AvgIpc) is 2.44. The second kappa shape index (κ2) is 5.70. The summed E-state index contributed by atoms with van der Waals surface area (Å²) in [4.78, 5) is 16.5. The number of halogens is 1. The first-order chi connectivity index (χ1) is 9.03. The van der Waals surface area contributed by atoms with Crippen molar-refractivity contribution in [2.24, 2.45) is 5.41 Å². The van der Waals surface area contributed by atoms with Crippen molar-refractivity contribution in [1.82, 2.24) is 10.3 Å². The lowest BCUT2D eigenvalue weighted by Crippen LogP contribution is -2.34. The third kappa shape index (κ3) is 3.32. The number of alkyl halides is 1. The van der Waals surface area contributed by atoms with Crippen LogP contribution in [0.25, 0.3) is 10.9 Å². The second-order valence-corrected chi connectivity index (χ2v) is 5.92. The Morgan fingerprint density at radius 1 is 1.32 bits per heavy atom. The minimum absolute atomic E-state index is 0.0402. The maximum absolute atomic E-state index is 12.3. The summed E-state index contributed by atoms with van der Waals surface area (Å²) in [5.41, 5.74) is 1.56. The normalized spacial score (nSPS) is 11.5. The van der Waals surface area contributed by atoms with Gasteiger partial charge in [-0.3, -0.25) is 9.78 Å². The Balaban J connectivity index is 2.23. The Kier molecular flexibility index (Phi) is 4.20. The fourth-order valence-electron chi connectivity index (χ4n) is 1.76. The Labute approximate surface area is 121 Å². The Bertz CT molecular complexity index is 590. The van der Waals surface area contributed by atoms with Crippen molar-refractivity contribution >= 4 is 32.7 Å². The summed E-state index contributed by atoms with van der Waals surface area (Å²) in [5, 5.41) is 4.72. The van der Waals surface area contributed by atoms with E-state index in [2.05, 4.69) is 40.1 Å². The van der Waals surface area contributed by atoms with Crippen LogP contribution in [0.4, 0.5) is 0 Å². The molecule has 0 unspecified atom stereocenters. The van der Waals surface area contributed by atoms with Crippen LogP contribution in [-0.4, -0.2) is 22.8 Å². The fraction of sp³-hybridized carbons (Fsp3) is 0.333. The van der Waals surface area contributed by atoms with E-state index < -0.39 is 0 Å². The largest absolute Gasteiger partial charge is 0.351 e. The van der Waals surface area contributed by atoms with Crippen molar-refractivity contribution in [2.45, 2.75) is 13.8 Å². The molecule has 1 heterocycles. The summed E-state index contributed by atoms with van der Waals surface area (Å²) in [6.45, 7) is 4.84. The molecular formula is C15H17BrN2O. The Hall–Kier alpha value is -1.42. The topological polar surface area (TPSA) is 42.0 Å². The van der Waals surface area contributed by atoms with Crippen LogP contribution in [0, 0.1) is 5.41 Å². The van der Waals surface area contributed by atoms with Gasteiger partial charge in [-0.25, -0.2) is 0 Å². The first-order valence-corrected chi connectivity index (χ1v) is 7.33. The fourth-order valence-corrected chi connectivity index (χ4v) is 1.96. The van der Waals surface area contributed by atoms with Crippen molar-refractivity contribution < 1.29 is 4.79 Å². The van der Waals surface area contributed by atoms with Crippen molar-refractivity contribution in [1.29, 1.82) is 0 Å². The Morgan fingerprint density at radius 3 is 2.84 bits per heavy atom. The maximum Gasteiger partial charge on any atom is 0.251 e. The molecule has 1 N–H and O–H groups in total. The molecule has 0 saturated carbocycles. The van der Waals surface area contributed by atoms with Crippen LogP contribution in [0.5, 0.6) is 0 Å². The number of hydrogen-bond donors (Lipinski definition) is 1. The molecule has 1 aromatic heterocycles. The number of hydrogen-bond acceptors (Lipinski definition) is 2. The number of benzene rings is 1. The molecule has 19 heavy (non-hydrogen) atoms. The summed E-state index contributed by atoms with van der Waals surface area (Å²) < 4.78 is 0. The van der Waals surface area contributed by atoms with Gasteiger partial charge < -0.3 is 5.32 Å². The first kappa shape index (κ1) is 14.0. The number of amides is 1. The lowest BCUT2D eigenvalue weighted by atomic mass is 9.96. The van der Waals surface area contributed by atoms with Gasteiger partial charge in [-0.1, -0.05) is 41.9 Å². The molecule has 0 spiro atoms. The van der Waals surface area contributed by atoms with Gasteiger partial charge in [-0.05, 0) is 23.6 Å². The maximum atomic E-state index is 12.3. The third-order valence-corrected chi connectivity index (χ3v) is 4.50. The van der Waals surface area contributed by atoms with E-state index in [4.69, 9.17) is 0 Å². The number of pyridine rings is 1. The molecule has 1 aromatic carbocycles. The van der Waals surface area contributed by atoms with Gasteiger partial charge in [0, 0.05) is 29.0 Å². The molecule has 100 valence electrons. The van der Waals surface area contributed by atoms with Gasteiger partial charge in [0.05, 0.1) is 5.52 Å². The molecule has 0 bridgehead atoms.